The van der Waals surface area contributed by atoms with Crippen LogP contribution in [-0.4, -0.2) is 33.9 Å². The summed E-state index contributed by atoms with van der Waals surface area (Å²) in [5.74, 6) is 0.999. The molecule has 9 heteroatoms. The third-order valence-corrected chi connectivity index (χ3v) is 7.98. The third kappa shape index (κ3) is 3.53. The van der Waals surface area contributed by atoms with Crippen molar-refractivity contribution in [1.82, 2.24) is 15.0 Å². The molecule has 0 spiro atoms. The SMILES string of the molecule is Cc1sc2ncnc(N3CCC(C(=O)Nc4nc5ccc(Cl)cc5s4)CC3)c2c1C. The minimum Gasteiger partial charge on any atom is -0.356 e. The van der Waals surface area contributed by atoms with Crippen LogP contribution < -0.4 is 10.2 Å². The normalized spacial score (nSPS) is 15.2. The van der Waals surface area contributed by atoms with Gasteiger partial charge in [0.15, 0.2) is 5.13 Å². The molecule has 4 aromatic rings. The Kier molecular flexibility index (Phi) is 5.08. The van der Waals surface area contributed by atoms with E-state index in [1.54, 1.807) is 17.7 Å². The summed E-state index contributed by atoms with van der Waals surface area (Å²) in [6.07, 6.45) is 3.22. The van der Waals surface area contributed by atoms with Gasteiger partial charge in [0.2, 0.25) is 5.91 Å². The van der Waals surface area contributed by atoms with Crippen molar-refractivity contribution in [1.29, 1.82) is 0 Å². The first-order valence-corrected chi connectivity index (χ1v) is 11.8. The Hall–Kier alpha value is -2.29. The van der Waals surface area contributed by atoms with E-state index in [2.05, 4.69) is 39.0 Å². The minimum atomic E-state index is -0.0283. The maximum atomic E-state index is 12.8. The van der Waals surface area contributed by atoms with Crippen molar-refractivity contribution in [3.8, 4) is 0 Å². The van der Waals surface area contributed by atoms with Gasteiger partial charge < -0.3 is 10.2 Å². The highest BCUT2D eigenvalue weighted by Gasteiger charge is 2.28. The van der Waals surface area contributed by atoms with Crippen LogP contribution in [0.2, 0.25) is 5.02 Å². The number of hydrogen-bond acceptors (Lipinski definition) is 7. The second-order valence-corrected chi connectivity index (χ2v) is 10.2. The number of amides is 1. The van der Waals surface area contributed by atoms with E-state index in [-0.39, 0.29) is 11.8 Å². The predicted octanol–water partition coefficient (Wildman–Crippen LogP) is 5.43. The smallest absolute Gasteiger partial charge is 0.229 e. The number of piperidine rings is 1. The van der Waals surface area contributed by atoms with Gasteiger partial charge in [-0.3, -0.25) is 4.79 Å². The van der Waals surface area contributed by atoms with Gasteiger partial charge in [-0.2, -0.15) is 0 Å². The standard InChI is InChI=1S/C21H20ClN5OS2/c1-11-12(2)29-20-17(11)18(23-10-24-20)27-7-5-13(6-8-27)19(28)26-21-25-15-4-3-14(22)9-16(15)30-21/h3-4,9-10,13H,5-8H2,1-2H3,(H,25,26,28). The molecule has 1 N–H and O–H groups in total. The zero-order valence-electron chi connectivity index (χ0n) is 16.6. The summed E-state index contributed by atoms with van der Waals surface area (Å²) in [4.78, 5) is 30.9. The number of fused-ring (bicyclic) bond motifs is 2. The molecule has 0 aliphatic carbocycles. The molecule has 0 saturated carbocycles. The van der Waals surface area contributed by atoms with Crippen molar-refractivity contribution in [2.24, 2.45) is 5.92 Å². The lowest BCUT2D eigenvalue weighted by molar-refractivity contribution is -0.120. The molecule has 5 rings (SSSR count). The molecule has 0 bridgehead atoms. The highest BCUT2D eigenvalue weighted by molar-refractivity contribution is 7.22. The molecule has 6 nitrogen and oxygen atoms in total. The van der Waals surface area contributed by atoms with E-state index in [1.165, 1.54) is 21.8 Å². The van der Waals surface area contributed by atoms with Crippen LogP contribution >= 0.6 is 34.3 Å². The van der Waals surface area contributed by atoms with E-state index in [4.69, 9.17) is 11.6 Å². The number of halogens is 1. The number of aromatic nitrogens is 3. The van der Waals surface area contributed by atoms with Crippen LogP contribution in [0.5, 0.6) is 0 Å². The number of benzene rings is 1. The van der Waals surface area contributed by atoms with Gasteiger partial charge >= 0.3 is 0 Å². The van der Waals surface area contributed by atoms with Gasteiger partial charge in [-0.05, 0) is 50.5 Å². The molecule has 1 fully saturated rings. The molecule has 1 aliphatic heterocycles. The van der Waals surface area contributed by atoms with Crippen molar-refractivity contribution >= 4 is 71.6 Å². The summed E-state index contributed by atoms with van der Waals surface area (Å²) in [5.41, 5.74) is 2.10. The molecular formula is C21H20ClN5OS2. The lowest BCUT2D eigenvalue weighted by Crippen LogP contribution is -2.38. The van der Waals surface area contributed by atoms with Crippen LogP contribution in [0.15, 0.2) is 24.5 Å². The van der Waals surface area contributed by atoms with Gasteiger partial charge in [-0.1, -0.05) is 22.9 Å². The number of hydrogen-bond donors (Lipinski definition) is 1. The summed E-state index contributed by atoms with van der Waals surface area (Å²) in [7, 11) is 0. The Morgan fingerprint density at radius 2 is 2.00 bits per heavy atom. The number of carbonyl (C=O) groups excluding carboxylic acids is 1. The molecule has 0 atom stereocenters. The van der Waals surface area contributed by atoms with Crippen molar-refractivity contribution in [2.75, 3.05) is 23.3 Å². The number of thiazole rings is 1. The van der Waals surface area contributed by atoms with Gasteiger partial charge in [0, 0.05) is 28.9 Å². The molecule has 4 heterocycles. The lowest BCUT2D eigenvalue weighted by atomic mass is 9.96. The molecule has 154 valence electrons. The molecule has 3 aromatic heterocycles. The summed E-state index contributed by atoms with van der Waals surface area (Å²) in [6.45, 7) is 5.85. The molecule has 1 aliphatic rings. The molecule has 1 amide bonds. The Labute approximate surface area is 186 Å². The van der Waals surface area contributed by atoms with E-state index in [0.717, 1.165) is 52.2 Å². The zero-order chi connectivity index (χ0) is 20.8. The summed E-state index contributed by atoms with van der Waals surface area (Å²) < 4.78 is 0.974. The number of thiophene rings is 1. The Morgan fingerprint density at radius 3 is 2.80 bits per heavy atom. The zero-order valence-corrected chi connectivity index (χ0v) is 19.0. The lowest BCUT2D eigenvalue weighted by Gasteiger charge is -2.32. The van der Waals surface area contributed by atoms with Crippen LogP contribution in [-0.2, 0) is 4.79 Å². The fourth-order valence-corrected chi connectivity index (χ4v) is 6.05. The Bertz CT molecular complexity index is 1260. The van der Waals surface area contributed by atoms with Crippen LogP contribution in [0.25, 0.3) is 20.4 Å². The third-order valence-electron chi connectivity index (χ3n) is 5.69. The Morgan fingerprint density at radius 1 is 1.20 bits per heavy atom. The summed E-state index contributed by atoms with van der Waals surface area (Å²) in [5, 5.41) is 5.45. The highest BCUT2D eigenvalue weighted by atomic mass is 35.5. The number of nitrogens with zero attached hydrogens (tertiary/aromatic N) is 4. The van der Waals surface area contributed by atoms with Gasteiger partial charge in [0.05, 0.1) is 15.6 Å². The minimum absolute atomic E-state index is 0.0283. The second kappa shape index (κ2) is 7.76. The largest absolute Gasteiger partial charge is 0.356 e. The number of rotatable bonds is 3. The first kappa shape index (κ1) is 19.7. The van der Waals surface area contributed by atoms with Gasteiger partial charge in [-0.25, -0.2) is 15.0 Å². The average molecular weight is 458 g/mol. The van der Waals surface area contributed by atoms with E-state index >= 15 is 0 Å². The molecular weight excluding hydrogens is 438 g/mol. The van der Waals surface area contributed by atoms with Crippen molar-refractivity contribution < 1.29 is 4.79 Å². The fraction of sp³-hybridized carbons (Fsp3) is 0.333. The van der Waals surface area contributed by atoms with Gasteiger partial charge in [0.25, 0.3) is 0 Å². The molecule has 0 radical (unpaired) electrons. The van der Waals surface area contributed by atoms with Crippen LogP contribution in [0.3, 0.4) is 0 Å². The summed E-state index contributed by atoms with van der Waals surface area (Å²) >= 11 is 9.21. The van der Waals surface area contributed by atoms with E-state index in [0.29, 0.717) is 10.2 Å². The molecule has 1 aromatic carbocycles. The monoisotopic (exact) mass is 457 g/mol. The van der Waals surface area contributed by atoms with Crippen LogP contribution in [0, 0.1) is 19.8 Å². The molecule has 1 saturated heterocycles. The number of nitrogens with one attached hydrogen (secondary N) is 1. The van der Waals surface area contributed by atoms with Crippen molar-refractivity contribution in [3.63, 3.8) is 0 Å². The molecule has 30 heavy (non-hydrogen) atoms. The van der Waals surface area contributed by atoms with E-state index in [9.17, 15) is 4.79 Å². The maximum absolute atomic E-state index is 12.8. The van der Waals surface area contributed by atoms with Crippen molar-refractivity contribution in [3.05, 3.63) is 40.0 Å². The maximum Gasteiger partial charge on any atom is 0.229 e. The predicted molar refractivity (Wildman–Crippen MR) is 125 cm³/mol. The van der Waals surface area contributed by atoms with Crippen molar-refractivity contribution in [2.45, 2.75) is 26.7 Å². The number of carbonyl (C=O) groups is 1. The fourth-order valence-electron chi connectivity index (χ4n) is 3.92. The topological polar surface area (TPSA) is 71.0 Å². The van der Waals surface area contributed by atoms with E-state index in [1.807, 2.05) is 18.2 Å². The van der Waals surface area contributed by atoms with Gasteiger partial charge in [-0.15, -0.1) is 11.3 Å². The summed E-state index contributed by atoms with van der Waals surface area (Å²) in [6, 6.07) is 5.56. The molecule has 0 unspecified atom stereocenters. The van der Waals surface area contributed by atoms with E-state index < -0.39 is 0 Å². The highest BCUT2D eigenvalue weighted by Crippen LogP contribution is 2.36. The first-order chi connectivity index (χ1) is 14.5. The van der Waals surface area contributed by atoms with Crippen LogP contribution in [0.4, 0.5) is 10.9 Å². The number of aryl methyl sites for hydroxylation is 2. The quantitative estimate of drug-likeness (QED) is 0.444. The second-order valence-electron chi connectivity index (χ2n) is 7.54. The van der Waals surface area contributed by atoms with Crippen LogP contribution in [0.1, 0.15) is 23.3 Å². The van der Waals surface area contributed by atoms with Gasteiger partial charge in [0.1, 0.15) is 17.0 Å². The average Bonchev–Trinajstić information content (AvgIpc) is 3.27. The first-order valence-electron chi connectivity index (χ1n) is 9.82. The Balaban J connectivity index is 1.28. The number of anilines is 2.